The topological polar surface area (TPSA) is 72.9 Å². The number of carbonyl (C=O) groups is 2. The highest BCUT2D eigenvalue weighted by atomic mass is 16.4. The lowest BCUT2D eigenvalue weighted by Crippen LogP contribution is -2.49. The monoisotopic (exact) mass is 243 g/mol. The number of likely N-dealkylation sites (N-methyl/N-ethyl adjacent to an activating group) is 1. The SMILES string of the molecule is CCN(CC(=O)O)C(=O)NC1CCN(C)CC1. The van der Waals surface area contributed by atoms with Crippen LogP contribution in [0.4, 0.5) is 4.79 Å². The number of carboxylic acid groups (broad SMARTS) is 1. The van der Waals surface area contributed by atoms with E-state index in [0.717, 1.165) is 25.9 Å². The first-order valence-corrected chi connectivity index (χ1v) is 5.98. The smallest absolute Gasteiger partial charge is 0.323 e. The van der Waals surface area contributed by atoms with Crippen molar-refractivity contribution in [1.82, 2.24) is 15.1 Å². The largest absolute Gasteiger partial charge is 0.480 e. The van der Waals surface area contributed by atoms with Gasteiger partial charge >= 0.3 is 12.0 Å². The van der Waals surface area contributed by atoms with Crippen molar-refractivity contribution in [3.63, 3.8) is 0 Å². The second-order valence-electron chi connectivity index (χ2n) is 4.43. The van der Waals surface area contributed by atoms with Crippen molar-refractivity contribution in [2.45, 2.75) is 25.8 Å². The number of likely N-dealkylation sites (tertiary alicyclic amines) is 1. The number of nitrogens with one attached hydrogen (secondary N) is 1. The van der Waals surface area contributed by atoms with E-state index in [1.54, 1.807) is 6.92 Å². The van der Waals surface area contributed by atoms with Gasteiger partial charge in [-0.3, -0.25) is 4.79 Å². The van der Waals surface area contributed by atoms with Crippen molar-refractivity contribution < 1.29 is 14.7 Å². The zero-order chi connectivity index (χ0) is 12.8. The van der Waals surface area contributed by atoms with Crippen molar-refractivity contribution in [1.29, 1.82) is 0 Å². The highest BCUT2D eigenvalue weighted by Gasteiger charge is 2.21. The molecule has 0 aromatic rings. The highest BCUT2D eigenvalue weighted by Crippen LogP contribution is 2.08. The van der Waals surface area contributed by atoms with Gasteiger partial charge in [0.1, 0.15) is 6.54 Å². The molecule has 1 aliphatic rings. The van der Waals surface area contributed by atoms with E-state index in [4.69, 9.17) is 5.11 Å². The number of carboxylic acids is 1. The molecule has 0 spiro atoms. The molecule has 0 atom stereocenters. The van der Waals surface area contributed by atoms with Gasteiger partial charge in [-0.15, -0.1) is 0 Å². The van der Waals surface area contributed by atoms with E-state index in [2.05, 4.69) is 17.3 Å². The van der Waals surface area contributed by atoms with Crippen molar-refractivity contribution in [3.8, 4) is 0 Å². The van der Waals surface area contributed by atoms with Gasteiger partial charge < -0.3 is 20.2 Å². The van der Waals surface area contributed by atoms with Crippen LogP contribution in [0.5, 0.6) is 0 Å². The van der Waals surface area contributed by atoms with E-state index in [0.29, 0.717) is 6.54 Å². The van der Waals surface area contributed by atoms with Crippen LogP contribution in [0.2, 0.25) is 0 Å². The summed E-state index contributed by atoms with van der Waals surface area (Å²) in [6, 6.07) is -0.106. The quantitative estimate of drug-likeness (QED) is 0.739. The van der Waals surface area contributed by atoms with Gasteiger partial charge in [0, 0.05) is 12.6 Å². The van der Waals surface area contributed by atoms with Gasteiger partial charge in [-0.25, -0.2) is 4.79 Å². The third kappa shape index (κ3) is 4.60. The summed E-state index contributed by atoms with van der Waals surface area (Å²) in [6.45, 7) is 3.88. The second-order valence-corrected chi connectivity index (χ2v) is 4.43. The predicted octanol–water partition coefficient (Wildman–Crippen LogP) is 0.197. The van der Waals surface area contributed by atoms with E-state index in [1.807, 2.05) is 0 Å². The summed E-state index contributed by atoms with van der Waals surface area (Å²) in [7, 11) is 2.06. The molecule has 1 heterocycles. The summed E-state index contributed by atoms with van der Waals surface area (Å²) >= 11 is 0. The molecule has 2 amide bonds. The number of nitrogens with zero attached hydrogens (tertiary/aromatic N) is 2. The molecule has 0 unspecified atom stereocenters. The van der Waals surface area contributed by atoms with Gasteiger partial charge in [0.15, 0.2) is 0 Å². The Morgan fingerprint density at radius 1 is 1.41 bits per heavy atom. The lowest BCUT2D eigenvalue weighted by molar-refractivity contribution is -0.137. The summed E-state index contributed by atoms with van der Waals surface area (Å²) in [5.41, 5.74) is 0. The molecule has 17 heavy (non-hydrogen) atoms. The lowest BCUT2D eigenvalue weighted by atomic mass is 10.1. The summed E-state index contributed by atoms with van der Waals surface area (Å²) in [4.78, 5) is 25.9. The van der Waals surface area contributed by atoms with Crippen molar-refractivity contribution >= 4 is 12.0 Å². The van der Waals surface area contributed by atoms with Crippen LogP contribution in [0.15, 0.2) is 0 Å². The molecule has 6 nitrogen and oxygen atoms in total. The number of carbonyl (C=O) groups excluding carboxylic acids is 1. The van der Waals surface area contributed by atoms with Crippen LogP contribution in [0.3, 0.4) is 0 Å². The first-order chi connectivity index (χ1) is 8.02. The van der Waals surface area contributed by atoms with Crippen LogP contribution in [0.25, 0.3) is 0 Å². The van der Waals surface area contributed by atoms with Gasteiger partial charge in [-0.05, 0) is 39.9 Å². The zero-order valence-corrected chi connectivity index (χ0v) is 10.5. The maximum Gasteiger partial charge on any atom is 0.323 e. The molecule has 1 fully saturated rings. The Morgan fingerprint density at radius 3 is 2.47 bits per heavy atom. The first kappa shape index (κ1) is 13.8. The van der Waals surface area contributed by atoms with Crippen LogP contribution in [-0.2, 0) is 4.79 Å². The van der Waals surface area contributed by atoms with Gasteiger partial charge in [0.2, 0.25) is 0 Å². The Morgan fingerprint density at radius 2 is 2.00 bits per heavy atom. The van der Waals surface area contributed by atoms with Gasteiger partial charge in [0.25, 0.3) is 0 Å². The summed E-state index contributed by atoms with van der Waals surface area (Å²) in [6.07, 6.45) is 1.85. The fourth-order valence-electron chi connectivity index (χ4n) is 1.91. The number of amides is 2. The molecule has 0 aromatic carbocycles. The standard InChI is InChI=1S/C11H21N3O3/c1-3-14(8-10(15)16)11(17)12-9-4-6-13(2)7-5-9/h9H,3-8H2,1-2H3,(H,12,17)(H,15,16). The molecule has 0 radical (unpaired) electrons. The van der Waals surface area contributed by atoms with Crippen LogP contribution < -0.4 is 5.32 Å². The zero-order valence-electron chi connectivity index (χ0n) is 10.5. The Labute approximate surface area is 102 Å². The van der Waals surface area contributed by atoms with E-state index in [9.17, 15) is 9.59 Å². The van der Waals surface area contributed by atoms with Gasteiger partial charge in [-0.2, -0.15) is 0 Å². The van der Waals surface area contributed by atoms with Crippen LogP contribution in [-0.4, -0.2) is 66.2 Å². The molecular formula is C11H21N3O3. The highest BCUT2D eigenvalue weighted by molar-refractivity contribution is 5.80. The molecule has 2 N–H and O–H groups in total. The predicted molar refractivity (Wildman–Crippen MR) is 63.9 cm³/mol. The van der Waals surface area contributed by atoms with Crippen molar-refractivity contribution in [2.75, 3.05) is 33.2 Å². The Balaban J connectivity index is 2.38. The molecule has 0 saturated carbocycles. The molecule has 0 bridgehead atoms. The van der Waals surface area contributed by atoms with E-state index in [1.165, 1.54) is 4.90 Å². The van der Waals surface area contributed by atoms with Crippen LogP contribution in [0, 0.1) is 0 Å². The third-order valence-electron chi connectivity index (χ3n) is 3.04. The van der Waals surface area contributed by atoms with E-state index >= 15 is 0 Å². The van der Waals surface area contributed by atoms with Gasteiger partial charge in [-0.1, -0.05) is 0 Å². The lowest BCUT2D eigenvalue weighted by Gasteiger charge is -2.31. The fourth-order valence-corrected chi connectivity index (χ4v) is 1.91. The number of piperidine rings is 1. The third-order valence-corrected chi connectivity index (χ3v) is 3.04. The van der Waals surface area contributed by atoms with Gasteiger partial charge in [0.05, 0.1) is 0 Å². The minimum Gasteiger partial charge on any atom is -0.480 e. The second kappa shape index (κ2) is 6.44. The maximum absolute atomic E-state index is 11.8. The molecule has 1 rings (SSSR count). The van der Waals surface area contributed by atoms with E-state index < -0.39 is 5.97 Å². The molecule has 1 aliphatic heterocycles. The van der Waals surface area contributed by atoms with Crippen LogP contribution >= 0.6 is 0 Å². The Hall–Kier alpha value is -1.30. The minimum atomic E-state index is -0.981. The van der Waals surface area contributed by atoms with E-state index in [-0.39, 0.29) is 18.6 Å². The number of aliphatic carboxylic acids is 1. The first-order valence-electron chi connectivity index (χ1n) is 5.98. The summed E-state index contributed by atoms with van der Waals surface area (Å²) < 4.78 is 0. The molecule has 0 aromatic heterocycles. The van der Waals surface area contributed by atoms with Crippen molar-refractivity contribution in [2.24, 2.45) is 0 Å². The van der Waals surface area contributed by atoms with Crippen LogP contribution in [0.1, 0.15) is 19.8 Å². The number of hydrogen-bond donors (Lipinski definition) is 2. The molecular weight excluding hydrogens is 222 g/mol. The average molecular weight is 243 g/mol. The molecule has 98 valence electrons. The summed E-state index contributed by atoms with van der Waals surface area (Å²) in [5.74, 6) is -0.981. The molecule has 6 heteroatoms. The Kier molecular flexibility index (Phi) is 5.21. The van der Waals surface area contributed by atoms with Crippen molar-refractivity contribution in [3.05, 3.63) is 0 Å². The molecule has 1 saturated heterocycles. The maximum atomic E-state index is 11.8. The number of rotatable bonds is 4. The normalized spacial score (nSPS) is 17.8. The Bertz CT molecular complexity index is 275. The average Bonchev–Trinajstić information content (AvgIpc) is 2.28. The summed E-state index contributed by atoms with van der Waals surface area (Å²) in [5, 5.41) is 11.6. The minimum absolute atomic E-state index is 0.168. The molecule has 0 aliphatic carbocycles. The number of urea groups is 1. The fraction of sp³-hybridized carbons (Fsp3) is 0.818. The number of hydrogen-bond acceptors (Lipinski definition) is 3.